The molecule has 0 amide bonds. The lowest BCUT2D eigenvalue weighted by atomic mass is 10.2. The van der Waals surface area contributed by atoms with Gasteiger partial charge in [-0.2, -0.15) is 0 Å². The van der Waals surface area contributed by atoms with Crippen molar-refractivity contribution in [2.24, 2.45) is 0 Å². The maximum atomic E-state index is 10.7. The molecule has 17 heavy (non-hydrogen) atoms. The van der Waals surface area contributed by atoms with E-state index in [0.717, 1.165) is 12.0 Å². The fourth-order valence-corrected chi connectivity index (χ4v) is 1.49. The molecular formula is C13H13NO3. The summed E-state index contributed by atoms with van der Waals surface area (Å²) in [6, 6.07) is 8.89. The first kappa shape index (κ1) is 11.3. The van der Waals surface area contributed by atoms with E-state index in [4.69, 9.17) is 9.47 Å². The van der Waals surface area contributed by atoms with E-state index >= 15 is 0 Å². The van der Waals surface area contributed by atoms with Crippen LogP contribution >= 0.6 is 0 Å². The van der Waals surface area contributed by atoms with Crippen molar-refractivity contribution < 1.29 is 14.3 Å². The van der Waals surface area contributed by atoms with E-state index in [-0.39, 0.29) is 0 Å². The summed E-state index contributed by atoms with van der Waals surface area (Å²) in [7, 11) is 1.57. The summed E-state index contributed by atoms with van der Waals surface area (Å²) in [4.78, 5) is 13.7. The van der Waals surface area contributed by atoms with Crippen LogP contribution in [0.1, 0.15) is 16.1 Å². The summed E-state index contributed by atoms with van der Waals surface area (Å²) in [5.74, 6) is 1.17. The Bertz CT molecular complexity index is 491. The number of methoxy groups -OCH3 is 1. The molecule has 1 aromatic carbocycles. The number of H-pyrrole nitrogens is 1. The topological polar surface area (TPSA) is 51.3 Å². The number of hydrogen-bond acceptors (Lipinski definition) is 3. The van der Waals surface area contributed by atoms with Gasteiger partial charge in [0.1, 0.15) is 12.9 Å². The van der Waals surface area contributed by atoms with E-state index in [0.29, 0.717) is 23.7 Å². The highest BCUT2D eigenvalue weighted by molar-refractivity contribution is 5.76. The van der Waals surface area contributed by atoms with Gasteiger partial charge >= 0.3 is 0 Å². The van der Waals surface area contributed by atoms with Gasteiger partial charge in [0.25, 0.3) is 0 Å². The van der Waals surface area contributed by atoms with Gasteiger partial charge in [-0.05, 0) is 30.3 Å². The second-order valence-electron chi connectivity index (χ2n) is 3.51. The molecule has 2 rings (SSSR count). The number of aromatic amines is 1. The largest absolute Gasteiger partial charge is 0.493 e. The zero-order chi connectivity index (χ0) is 12.1. The zero-order valence-electron chi connectivity index (χ0n) is 9.47. The molecule has 4 nitrogen and oxygen atoms in total. The van der Waals surface area contributed by atoms with Crippen molar-refractivity contribution in [1.82, 2.24) is 4.98 Å². The summed E-state index contributed by atoms with van der Waals surface area (Å²) in [5, 5.41) is 0. The first-order chi connectivity index (χ1) is 8.33. The molecule has 0 saturated carbocycles. The molecule has 0 aliphatic carbocycles. The van der Waals surface area contributed by atoms with Crippen LogP contribution in [0.2, 0.25) is 0 Å². The molecule has 0 fully saturated rings. The van der Waals surface area contributed by atoms with E-state index in [9.17, 15) is 4.79 Å². The Morgan fingerprint density at radius 1 is 1.29 bits per heavy atom. The van der Waals surface area contributed by atoms with Gasteiger partial charge in [0, 0.05) is 11.8 Å². The number of hydrogen-bond donors (Lipinski definition) is 1. The van der Waals surface area contributed by atoms with E-state index in [2.05, 4.69) is 4.98 Å². The maximum absolute atomic E-state index is 10.7. The van der Waals surface area contributed by atoms with Gasteiger partial charge < -0.3 is 14.5 Å². The minimum Gasteiger partial charge on any atom is -0.493 e. The maximum Gasteiger partial charge on any atom is 0.162 e. The number of benzene rings is 1. The Hall–Kier alpha value is -2.23. The minimum absolute atomic E-state index is 0.408. The van der Waals surface area contributed by atoms with Crippen LogP contribution in [0.3, 0.4) is 0 Å². The first-order valence-corrected chi connectivity index (χ1v) is 5.22. The van der Waals surface area contributed by atoms with Gasteiger partial charge in [-0.3, -0.25) is 4.79 Å². The van der Waals surface area contributed by atoms with Crippen molar-refractivity contribution in [1.29, 1.82) is 0 Å². The van der Waals surface area contributed by atoms with Gasteiger partial charge in [-0.25, -0.2) is 0 Å². The number of aldehydes is 1. The fourth-order valence-electron chi connectivity index (χ4n) is 1.49. The quantitative estimate of drug-likeness (QED) is 0.804. The molecule has 0 spiro atoms. The molecule has 0 radical (unpaired) electrons. The second kappa shape index (κ2) is 5.21. The second-order valence-corrected chi connectivity index (χ2v) is 3.51. The van der Waals surface area contributed by atoms with Crippen molar-refractivity contribution in [3.05, 3.63) is 47.8 Å². The minimum atomic E-state index is 0.408. The smallest absolute Gasteiger partial charge is 0.162 e. The molecule has 0 bridgehead atoms. The highest BCUT2D eigenvalue weighted by Gasteiger charge is 2.06. The van der Waals surface area contributed by atoms with Gasteiger partial charge in [-0.1, -0.05) is 0 Å². The number of carbonyl (C=O) groups is 1. The lowest BCUT2D eigenvalue weighted by Gasteiger charge is -2.10. The Morgan fingerprint density at radius 3 is 2.82 bits per heavy atom. The molecular weight excluding hydrogens is 218 g/mol. The summed E-state index contributed by atoms with van der Waals surface area (Å²) in [6.45, 7) is 0.408. The molecule has 1 heterocycles. The molecule has 0 aliphatic heterocycles. The number of rotatable bonds is 5. The fraction of sp³-hybridized carbons (Fsp3) is 0.154. The molecule has 0 atom stereocenters. The molecule has 0 unspecified atom stereocenters. The molecule has 4 heteroatoms. The van der Waals surface area contributed by atoms with Crippen LogP contribution in [-0.4, -0.2) is 18.4 Å². The summed E-state index contributed by atoms with van der Waals surface area (Å²) < 4.78 is 10.8. The standard InChI is InChI=1S/C13H13NO3/c1-16-12-5-4-10(8-15)7-13(12)17-9-11-3-2-6-14-11/h2-8,14H,9H2,1H3. The summed E-state index contributed by atoms with van der Waals surface area (Å²) in [5.41, 5.74) is 1.52. The normalized spacial score (nSPS) is 9.94. The number of aromatic nitrogens is 1. The van der Waals surface area contributed by atoms with Crippen LogP contribution in [0.4, 0.5) is 0 Å². The zero-order valence-corrected chi connectivity index (χ0v) is 9.47. The van der Waals surface area contributed by atoms with Crippen molar-refractivity contribution in [3.8, 4) is 11.5 Å². The number of nitrogens with one attached hydrogen (secondary N) is 1. The molecule has 0 saturated heterocycles. The number of carbonyl (C=O) groups excluding carboxylic acids is 1. The lowest BCUT2D eigenvalue weighted by Crippen LogP contribution is -1.98. The SMILES string of the molecule is COc1ccc(C=O)cc1OCc1ccc[nH]1. The molecule has 1 aromatic heterocycles. The Labute approximate surface area is 99.2 Å². The monoisotopic (exact) mass is 231 g/mol. The van der Waals surface area contributed by atoms with Gasteiger partial charge in [0.05, 0.1) is 12.8 Å². The third kappa shape index (κ3) is 2.66. The Morgan fingerprint density at radius 2 is 2.18 bits per heavy atom. The predicted octanol–water partition coefficient (Wildman–Crippen LogP) is 2.41. The molecule has 88 valence electrons. The molecule has 0 aliphatic rings. The highest BCUT2D eigenvalue weighted by Crippen LogP contribution is 2.28. The van der Waals surface area contributed by atoms with Crippen molar-refractivity contribution in [2.75, 3.05) is 7.11 Å². The van der Waals surface area contributed by atoms with Crippen molar-refractivity contribution >= 4 is 6.29 Å². The van der Waals surface area contributed by atoms with Crippen LogP contribution in [0.15, 0.2) is 36.5 Å². The summed E-state index contributed by atoms with van der Waals surface area (Å²) >= 11 is 0. The van der Waals surface area contributed by atoms with Crippen molar-refractivity contribution in [3.63, 3.8) is 0 Å². The van der Waals surface area contributed by atoms with Gasteiger partial charge in [0.15, 0.2) is 11.5 Å². The Balaban J connectivity index is 2.15. The lowest BCUT2D eigenvalue weighted by molar-refractivity contribution is 0.112. The Kier molecular flexibility index (Phi) is 3.45. The van der Waals surface area contributed by atoms with Crippen LogP contribution in [0.25, 0.3) is 0 Å². The number of ether oxygens (including phenoxy) is 2. The van der Waals surface area contributed by atoms with E-state index < -0.39 is 0 Å². The van der Waals surface area contributed by atoms with E-state index in [1.165, 1.54) is 0 Å². The summed E-state index contributed by atoms with van der Waals surface area (Å²) in [6.07, 6.45) is 2.61. The van der Waals surface area contributed by atoms with Crippen molar-refractivity contribution in [2.45, 2.75) is 6.61 Å². The molecule has 2 aromatic rings. The average Bonchev–Trinajstić information content (AvgIpc) is 2.89. The van der Waals surface area contributed by atoms with Crippen LogP contribution in [-0.2, 0) is 6.61 Å². The van der Waals surface area contributed by atoms with Crippen LogP contribution in [0, 0.1) is 0 Å². The molecule has 1 N–H and O–H groups in total. The third-order valence-electron chi connectivity index (χ3n) is 2.37. The van der Waals surface area contributed by atoms with Gasteiger partial charge in [0.2, 0.25) is 0 Å². The van der Waals surface area contributed by atoms with E-state index in [1.54, 1.807) is 25.3 Å². The van der Waals surface area contributed by atoms with Crippen LogP contribution < -0.4 is 9.47 Å². The average molecular weight is 231 g/mol. The third-order valence-corrected chi connectivity index (χ3v) is 2.37. The van der Waals surface area contributed by atoms with E-state index in [1.807, 2.05) is 18.3 Å². The van der Waals surface area contributed by atoms with Crippen LogP contribution in [0.5, 0.6) is 11.5 Å². The highest BCUT2D eigenvalue weighted by atomic mass is 16.5. The van der Waals surface area contributed by atoms with Gasteiger partial charge in [-0.15, -0.1) is 0 Å². The first-order valence-electron chi connectivity index (χ1n) is 5.22. The predicted molar refractivity (Wildman–Crippen MR) is 63.5 cm³/mol.